The number of hydrogen-bond donors (Lipinski definition) is 1. The highest BCUT2D eigenvalue weighted by Gasteiger charge is 2.17. The van der Waals surface area contributed by atoms with Crippen LogP contribution in [0.3, 0.4) is 0 Å². The zero-order valence-corrected chi connectivity index (χ0v) is 11.2. The smallest absolute Gasteiger partial charge is 0.168 e. The zero-order chi connectivity index (χ0) is 13.5. The molecule has 1 aromatic carbocycles. The number of carbonyl (C=O) groups excluding carboxylic acids is 1. The molecule has 0 aromatic heterocycles. The molecular formula is C13H19NO4. The summed E-state index contributed by atoms with van der Waals surface area (Å²) in [5, 5.41) is 2.94. The number of ketones is 1. The summed E-state index contributed by atoms with van der Waals surface area (Å²) in [5.41, 5.74) is 0.505. The fourth-order valence-electron chi connectivity index (χ4n) is 1.62. The molecule has 0 saturated carbocycles. The van der Waals surface area contributed by atoms with Crippen LogP contribution >= 0.6 is 0 Å². The van der Waals surface area contributed by atoms with Gasteiger partial charge in [-0.25, -0.2) is 0 Å². The maximum Gasteiger partial charge on any atom is 0.168 e. The van der Waals surface area contributed by atoms with E-state index in [1.807, 2.05) is 0 Å². The lowest BCUT2D eigenvalue weighted by atomic mass is 10.1. The first-order valence-electron chi connectivity index (χ1n) is 5.65. The van der Waals surface area contributed by atoms with Crippen LogP contribution in [0, 0.1) is 0 Å². The Bertz CT molecular complexity index is 418. The molecule has 1 rings (SSSR count). The van der Waals surface area contributed by atoms with Crippen molar-refractivity contribution in [2.24, 2.45) is 0 Å². The van der Waals surface area contributed by atoms with Crippen LogP contribution < -0.4 is 19.5 Å². The summed E-state index contributed by atoms with van der Waals surface area (Å²) < 4.78 is 15.6. The number of carbonyl (C=O) groups is 1. The van der Waals surface area contributed by atoms with Gasteiger partial charge in [0, 0.05) is 19.0 Å². The van der Waals surface area contributed by atoms with Crippen LogP contribution in [0.2, 0.25) is 0 Å². The van der Waals surface area contributed by atoms with Gasteiger partial charge in [0.2, 0.25) is 0 Å². The van der Waals surface area contributed by atoms with Crippen molar-refractivity contribution in [2.75, 3.05) is 34.9 Å². The van der Waals surface area contributed by atoms with Crippen molar-refractivity contribution in [2.45, 2.75) is 6.42 Å². The largest absolute Gasteiger partial charge is 0.496 e. The monoisotopic (exact) mass is 253 g/mol. The standard InChI is InChI=1S/C13H19NO4/c1-14-6-5-10(15)9-7-12(17-3)13(18-4)8-11(9)16-2/h7-8,14H,5-6H2,1-4H3. The van der Waals surface area contributed by atoms with Gasteiger partial charge in [-0.3, -0.25) is 4.79 Å². The maximum atomic E-state index is 12.0. The van der Waals surface area contributed by atoms with Gasteiger partial charge >= 0.3 is 0 Å². The van der Waals surface area contributed by atoms with Gasteiger partial charge in [-0.05, 0) is 13.1 Å². The average Bonchev–Trinajstić information content (AvgIpc) is 2.42. The predicted octanol–water partition coefficient (Wildman–Crippen LogP) is 1.50. The number of ether oxygens (including phenoxy) is 3. The minimum Gasteiger partial charge on any atom is -0.496 e. The Morgan fingerprint density at radius 1 is 1.06 bits per heavy atom. The van der Waals surface area contributed by atoms with E-state index >= 15 is 0 Å². The molecule has 0 aliphatic heterocycles. The second-order valence-electron chi connectivity index (χ2n) is 3.68. The highest BCUT2D eigenvalue weighted by molar-refractivity contribution is 5.99. The van der Waals surface area contributed by atoms with Crippen LogP contribution in [0.5, 0.6) is 17.2 Å². The van der Waals surface area contributed by atoms with E-state index in [4.69, 9.17) is 14.2 Å². The van der Waals surface area contributed by atoms with Gasteiger partial charge in [0.1, 0.15) is 5.75 Å². The third-order valence-corrected chi connectivity index (χ3v) is 2.61. The van der Waals surface area contributed by atoms with E-state index in [9.17, 15) is 4.79 Å². The number of Topliss-reactive ketones (excluding diaryl/α,β-unsaturated/α-hetero) is 1. The quantitative estimate of drug-likeness (QED) is 0.746. The molecule has 0 aliphatic rings. The topological polar surface area (TPSA) is 56.8 Å². The molecule has 0 bridgehead atoms. The lowest BCUT2D eigenvalue weighted by Crippen LogP contribution is -2.14. The van der Waals surface area contributed by atoms with Crippen LogP contribution in [-0.4, -0.2) is 40.7 Å². The maximum absolute atomic E-state index is 12.0. The van der Waals surface area contributed by atoms with Crippen molar-refractivity contribution in [3.05, 3.63) is 17.7 Å². The Hall–Kier alpha value is -1.75. The Labute approximate surface area is 107 Å². The van der Waals surface area contributed by atoms with Gasteiger partial charge < -0.3 is 19.5 Å². The van der Waals surface area contributed by atoms with Crippen molar-refractivity contribution in [3.8, 4) is 17.2 Å². The summed E-state index contributed by atoms with van der Waals surface area (Å²) in [5.74, 6) is 1.56. The van der Waals surface area contributed by atoms with Crippen LogP contribution in [-0.2, 0) is 0 Å². The molecular weight excluding hydrogens is 234 g/mol. The Morgan fingerprint density at radius 2 is 1.61 bits per heavy atom. The van der Waals surface area contributed by atoms with Crippen molar-refractivity contribution < 1.29 is 19.0 Å². The van der Waals surface area contributed by atoms with E-state index in [0.29, 0.717) is 35.8 Å². The van der Waals surface area contributed by atoms with Crippen LogP contribution in [0.1, 0.15) is 16.8 Å². The molecule has 0 radical (unpaired) electrons. The molecule has 0 spiro atoms. The third-order valence-electron chi connectivity index (χ3n) is 2.61. The number of rotatable bonds is 7. The van der Waals surface area contributed by atoms with Crippen LogP contribution in [0.4, 0.5) is 0 Å². The Balaban J connectivity index is 3.12. The number of hydrogen-bond acceptors (Lipinski definition) is 5. The van der Waals surface area contributed by atoms with Gasteiger partial charge in [-0.1, -0.05) is 0 Å². The number of methoxy groups -OCH3 is 3. The van der Waals surface area contributed by atoms with Crippen molar-refractivity contribution in [1.82, 2.24) is 5.32 Å². The molecule has 0 saturated heterocycles. The highest BCUT2D eigenvalue weighted by atomic mass is 16.5. The van der Waals surface area contributed by atoms with Crippen molar-refractivity contribution in [1.29, 1.82) is 0 Å². The van der Waals surface area contributed by atoms with Crippen molar-refractivity contribution in [3.63, 3.8) is 0 Å². The molecule has 100 valence electrons. The molecule has 18 heavy (non-hydrogen) atoms. The van der Waals surface area contributed by atoms with E-state index in [2.05, 4.69) is 5.32 Å². The Morgan fingerprint density at radius 3 is 2.11 bits per heavy atom. The fourth-order valence-corrected chi connectivity index (χ4v) is 1.62. The lowest BCUT2D eigenvalue weighted by molar-refractivity contribution is 0.0980. The summed E-state index contributed by atoms with van der Waals surface area (Å²) in [6.07, 6.45) is 0.405. The summed E-state index contributed by atoms with van der Waals surface area (Å²) in [6, 6.07) is 3.31. The summed E-state index contributed by atoms with van der Waals surface area (Å²) in [6.45, 7) is 0.621. The highest BCUT2D eigenvalue weighted by Crippen LogP contribution is 2.35. The predicted molar refractivity (Wildman–Crippen MR) is 69.0 cm³/mol. The molecule has 1 N–H and O–H groups in total. The molecule has 5 nitrogen and oxygen atoms in total. The van der Waals surface area contributed by atoms with Gasteiger partial charge in [-0.2, -0.15) is 0 Å². The summed E-state index contributed by atoms with van der Waals surface area (Å²) in [4.78, 5) is 12.0. The van der Waals surface area contributed by atoms with Gasteiger partial charge in [-0.15, -0.1) is 0 Å². The molecule has 0 fully saturated rings. The van der Waals surface area contributed by atoms with Gasteiger partial charge in [0.05, 0.1) is 26.9 Å². The van der Waals surface area contributed by atoms with Gasteiger partial charge in [0.25, 0.3) is 0 Å². The Kier molecular flexibility index (Phi) is 5.45. The van der Waals surface area contributed by atoms with Crippen LogP contribution in [0.25, 0.3) is 0 Å². The lowest BCUT2D eigenvalue weighted by Gasteiger charge is -2.13. The third kappa shape index (κ3) is 3.13. The molecule has 0 atom stereocenters. The molecule has 0 amide bonds. The zero-order valence-electron chi connectivity index (χ0n) is 11.2. The number of benzene rings is 1. The average molecular weight is 253 g/mol. The molecule has 0 heterocycles. The molecule has 0 aliphatic carbocycles. The summed E-state index contributed by atoms with van der Waals surface area (Å²) >= 11 is 0. The first-order valence-corrected chi connectivity index (χ1v) is 5.65. The van der Waals surface area contributed by atoms with Gasteiger partial charge in [0.15, 0.2) is 17.3 Å². The van der Waals surface area contributed by atoms with E-state index < -0.39 is 0 Å². The molecule has 1 aromatic rings. The second-order valence-corrected chi connectivity index (χ2v) is 3.68. The second kappa shape index (κ2) is 6.86. The SMILES string of the molecule is CNCCC(=O)c1cc(OC)c(OC)cc1OC. The minimum absolute atomic E-state index is 0.00199. The first kappa shape index (κ1) is 14.3. The van der Waals surface area contributed by atoms with Crippen LogP contribution in [0.15, 0.2) is 12.1 Å². The van der Waals surface area contributed by atoms with E-state index in [0.717, 1.165) is 0 Å². The van der Waals surface area contributed by atoms with E-state index in [1.54, 1.807) is 26.3 Å². The number of nitrogens with one attached hydrogen (secondary N) is 1. The van der Waals surface area contributed by atoms with E-state index in [-0.39, 0.29) is 5.78 Å². The fraction of sp³-hybridized carbons (Fsp3) is 0.462. The molecule has 0 unspecified atom stereocenters. The first-order chi connectivity index (χ1) is 8.67. The summed E-state index contributed by atoms with van der Waals surface area (Å²) in [7, 11) is 6.40. The normalized spacial score (nSPS) is 10.0. The minimum atomic E-state index is 0.00199. The van der Waals surface area contributed by atoms with E-state index in [1.165, 1.54) is 14.2 Å². The van der Waals surface area contributed by atoms with Crippen molar-refractivity contribution >= 4 is 5.78 Å². The molecule has 5 heteroatoms.